The molecule has 1 unspecified atom stereocenters. The van der Waals surface area contributed by atoms with Gasteiger partial charge in [0.25, 0.3) is 0 Å². The molecular weight excluding hydrogens is 409 g/mol. The van der Waals surface area contributed by atoms with E-state index in [1.165, 1.54) is 0 Å². The van der Waals surface area contributed by atoms with E-state index in [-0.39, 0.29) is 22.5 Å². The molecule has 0 aliphatic heterocycles. The molecule has 0 aliphatic rings. The second-order valence-electron chi connectivity index (χ2n) is 6.95. The van der Waals surface area contributed by atoms with E-state index in [4.69, 9.17) is 26.5 Å². The number of benzene rings is 1. The van der Waals surface area contributed by atoms with Crippen LogP contribution in [0.2, 0.25) is 5.28 Å². The topological polar surface area (TPSA) is 91.1 Å². The number of furan rings is 1. The maximum Gasteiger partial charge on any atom is 0.226 e. The van der Waals surface area contributed by atoms with E-state index in [1.54, 1.807) is 36.1 Å². The van der Waals surface area contributed by atoms with Crippen LogP contribution in [-0.4, -0.2) is 27.7 Å². The first-order valence-electron chi connectivity index (χ1n) is 9.40. The summed E-state index contributed by atoms with van der Waals surface area (Å²) in [4.78, 5) is 8.54. The fourth-order valence-electron chi connectivity index (χ4n) is 3.36. The molecule has 9 heteroatoms. The van der Waals surface area contributed by atoms with Gasteiger partial charge >= 0.3 is 0 Å². The molecule has 4 rings (SSSR count). The van der Waals surface area contributed by atoms with Gasteiger partial charge in [-0.25, -0.2) is 4.39 Å². The molecular formula is C21H21ClFN5O2. The van der Waals surface area contributed by atoms with Crippen molar-refractivity contribution in [2.24, 2.45) is 5.73 Å². The Morgan fingerprint density at radius 3 is 2.67 bits per heavy atom. The van der Waals surface area contributed by atoms with E-state index < -0.39 is 5.82 Å². The van der Waals surface area contributed by atoms with Crippen LogP contribution in [0, 0.1) is 5.82 Å². The summed E-state index contributed by atoms with van der Waals surface area (Å²) in [5, 5.41) is 3.35. The van der Waals surface area contributed by atoms with Crippen LogP contribution in [0.25, 0.3) is 16.7 Å². The lowest BCUT2D eigenvalue weighted by Crippen LogP contribution is -2.20. The zero-order valence-electron chi connectivity index (χ0n) is 16.5. The Hall–Kier alpha value is -3.10. The largest absolute Gasteiger partial charge is 0.497 e. The molecule has 30 heavy (non-hydrogen) atoms. The molecule has 1 aromatic carbocycles. The molecule has 1 atom stereocenters. The SMILES string of the molecule is COc1ccc(-n2c(CC(C)N)c(F)c3c(NCc4ccco4)nc(Cl)nc32)cc1. The van der Waals surface area contributed by atoms with E-state index in [0.717, 1.165) is 0 Å². The van der Waals surface area contributed by atoms with Gasteiger partial charge in [-0.2, -0.15) is 9.97 Å². The monoisotopic (exact) mass is 429 g/mol. The predicted molar refractivity (Wildman–Crippen MR) is 114 cm³/mol. The Bertz CT molecular complexity index is 1160. The molecule has 3 N–H and O–H groups in total. The average molecular weight is 430 g/mol. The quantitative estimate of drug-likeness (QED) is 0.425. The highest BCUT2D eigenvalue weighted by Crippen LogP contribution is 2.33. The summed E-state index contributed by atoms with van der Waals surface area (Å²) in [6.45, 7) is 2.15. The van der Waals surface area contributed by atoms with Gasteiger partial charge in [0.2, 0.25) is 5.28 Å². The fraction of sp³-hybridized carbons (Fsp3) is 0.238. The number of nitrogens with zero attached hydrogens (tertiary/aromatic N) is 3. The highest BCUT2D eigenvalue weighted by molar-refractivity contribution is 6.28. The van der Waals surface area contributed by atoms with Crippen LogP contribution in [-0.2, 0) is 13.0 Å². The Labute approximate surface area is 177 Å². The van der Waals surface area contributed by atoms with Crippen molar-refractivity contribution in [1.29, 1.82) is 0 Å². The first kappa shape index (κ1) is 20.2. The van der Waals surface area contributed by atoms with Gasteiger partial charge in [0.05, 0.1) is 31.0 Å². The van der Waals surface area contributed by atoms with Crippen LogP contribution in [0.3, 0.4) is 0 Å². The Morgan fingerprint density at radius 1 is 1.27 bits per heavy atom. The lowest BCUT2D eigenvalue weighted by atomic mass is 10.1. The molecule has 0 saturated carbocycles. The molecule has 0 fully saturated rings. The van der Waals surface area contributed by atoms with Crippen molar-refractivity contribution in [3.63, 3.8) is 0 Å². The number of halogens is 2. The summed E-state index contributed by atoms with van der Waals surface area (Å²) in [5.41, 5.74) is 7.49. The summed E-state index contributed by atoms with van der Waals surface area (Å²) >= 11 is 6.19. The van der Waals surface area contributed by atoms with E-state index in [1.807, 2.05) is 25.1 Å². The number of ether oxygens (including phenoxy) is 1. The van der Waals surface area contributed by atoms with Crippen molar-refractivity contribution >= 4 is 28.5 Å². The zero-order valence-corrected chi connectivity index (χ0v) is 17.3. The van der Waals surface area contributed by atoms with Gasteiger partial charge in [-0.1, -0.05) is 0 Å². The van der Waals surface area contributed by atoms with Gasteiger partial charge < -0.3 is 20.2 Å². The standard InChI is InChI=1S/C21H21ClFN5O2/c1-12(24)10-16-18(23)17-19(25-11-15-4-3-9-30-15)26-21(22)27-20(17)28(16)13-5-7-14(29-2)8-6-13/h3-9,12H,10-11,24H2,1-2H3,(H,25,26,27). The lowest BCUT2D eigenvalue weighted by Gasteiger charge is -2.12. The average Bonchev–Trinajstić information content (AvgIpc) is 3.33. The molecule has 0 aliphatic carbocycles. The first-order valence-corrected chi connectivity index (χ1v) is 9.78. The van der Waals surface area contributed by atoms with Crippen molar-refractivity contribution in [3.05, 3.63) is 65.2 Å². The number of nitrogens with one attached hydrogen (secondary N) is 1. The van der Waals surface area contributed by atoms with E-state index in [2.05, 4.69) is 15.3 Å². The van der Waals surface area contributed by atoms with Gasteiger partial charge in [-0.05, 0) is 54.9 Å². The minimum atomic E-state index is -0.434. The van der Waals surface area contributed by atoms with Crippen LogP contribution >= 0.6 is 11.6 Å². The smallest absolute Gasteiger partial charge is 0.226 e. The number of aromatic nitrogens is 3. The number of rotatable bonds is 7. The van der Waals surface area contributed by atoms with Gasteiger partial charge in [-0.15, -0.1) is 0 Å². The van der Waals surface area contributed by atoms with Crippen molar-refractivity contribution in [2.75, 3.05) is 12.4 Å². The van der Waals surface area contributed by atoms with Gasteiger partial charge in [-0.3, -0.25) is 4.57 Å². The van der Waals surface area contributed by atoms with Crippen molar-refractivity contribution < 1.29 is 13.5 Å². The Kier molecular flexibility index (Phi) is 5.61. The van der Waals surface area contributed by atoms with Crippen LogP contribution in [0.1, 0.15) is 18.4 Å². The first-order chi connectivity index (χ1) is 14.5. The van der Waals surface area contributed by atoms with E-state index in [9.17, 15) is 0 Å². The van der Waals surface area contributed by atoms with Crippen molar-refractivity contribution in [2.45, 2.75) is 25.9 Å². The minimum absolute atomic E-state index is 0.00375. The molecule has 156 valence electrons. The van der Waals surface area contributed by atoms with Gasteiger partial charge in [0.15, 0.2) is 11.5 Å². The number of hydrogen-bond donors (Lipinski definition) is 2. The number of methoxy groups -OCH3 is 1. The number of nitrogens with two attached hydrogens (primary N) is 1. The molecule has 0 radical (unpaired) electrons. The summed E-state index contributed by atoms with van der Waals surface area (Å²) in [5.74, 6) is 1.23. The van der Waals surface area contributed by atoms with Crippen LogP contribution in [0.4, 0.5) is 10.2 Å². The number of hydrogen-bond acceptors (Lipinski definition) is 6. The summed E-state index contributed by atoms with van der Waals surface area (Å²) in [6, 6.07) is 10.6. The number of fused-ring (bicyclic) bond motifs is 1. The molecule has 0 spiro atoms. The van der Waals surface area contributed by atoms with Crippen molar-refractivity contribution in [1.82, 2.24) is 14.5 Å². The van der Waals surface area contributed by atoms with Crippen LogP contribution < -0.4 is 15.8 Å². The summed E-state index contributed by atoms with van der Waals surface area (Å²) in [7, 11) is 1.59. The van der Waals surface area contributed by atoms with Crippen molar-refractivity contribution in [3.8, 4) is 11.4 Å². The summed E-state index contributed by atoms with van der Waals surface area (Å²) < 4.78 is 27.9. The third kappa shape index (κ3) is 3.83. The van der Waals surface area contributed by atoms with E-state index >= 15 is 4.39 Å². The minimum Gasteiger partial charge on any atom is -0.497 e. The molecule has 0 amide bonds. The number of anilines is 1. The molecule has 0 bridgehead atoms. The lowest BCUT2D eigenvalue weighted by molar-refractivity contribution is 0.414. The highest BCUT2D eigenvalue weighted by atomic mass is 35.5. The second kappa shape index (κ2) is 8.33. The third-order valence-electron chi connectivity index (χ3n) is 4.67. The maximum atomic E-state index is 15.7. The molecule has 4 aromatic rings. The Morgan fingerprint density at radius 2 is 2.03 bits per heavy atom. The normalized spacial score (nSPS) is 12.3. The second-order valence-corrected chi connectivity index (χ2v) is 7.29. The van der Waals surface area contributed by atoms with Crippen LogP contribution in [0.5, 0.6) is 5.75 Å². The predicted octanol–water partition coefficient (Wildman–Crippen LogP) is 4.32. The third-order valence-corrected chi connectivity index (χ3v) is 4.84. The highest BCUT2D eigenvalue weighted by Gasteiger charge is 2.24. The van der Waals surface area contributed by atoms with E-state index in [0.29, 0.717) is 41.5 Å². The molecule has 7 nitrogen and oxygen atoms in total. The summed E-state index contributed by atoms with van der Waals surface area (Å²) in [6.07, 6.45) is 1.88. The zero-order chi connectivity index (χ0) is 21.3. The molecule has 3 heterocycles. The Balaban J connectivity index is 1.89. The van der Waals surface area contributed by atoms with Gasteiger partial charge in [0.1, 0.15) is 17.3 Å². The van der Waals surface area contributed by atoms with Crippen LogP contribution in [0.15, 0.2) is 47.1 Å². The van der Waals surface area contributed by atoms with Gasteiger partial charge in [0, 0.05) is 18.2 Å². The maximum absolute atomic E-state index is 15.7. The fourth-order valence-corrected chi connectivity index (χ4v) is 3.53. The molecule has 0 saturated heterocycles. The molecule has 3 aromatic heterocycles.